The van der Waals surface area contributed by atoms with E-state index < -0.39 is 18.4 Å². The van der Waals surface area contributed by atoms with Crippen LogP contribution in [0.2, 0.25) is 0 Å². The summed E-state index contributed by atoms with van der Waals surface area (Å²) < 4.78 is 12.9. The third-order valence-electron chi connectivity index (χ3n) is 12.1. The standard InChI is InChI=1S/C46H56N2O8S2/c1-27(50)24-47-39-17-11-31(20-32(39)25-49)46(48-33-6-4-3-5-7-33)56-42-23-35(52)15-9-29-12-18-40(53)45(55-2)44(29)36-16-10-28-8-14-34(51)22-37(28)38(36)26-57-58-43-19-13-30(42)21-41(43)54/h8,10-12,14,16-18,20,22,30,33,41-43,46-49,51,53-54H,3-7,9,13,15,19,21,23-26H2,1-2H3. The van der Waals surface area contributed by atoms with Gasteiger partial charge in [0.2, 0.25) is 0 Å². The fourth-order valence-corrected chi connectivity index (χ4v) is 11.9. The lowest BCUT2D eigenvalue weighted by Gasteiger charge is -2.39. The molecule has 5 atom stereocenters. The van der Waals surface area contributed by atoms with E-state index in [1.165, 1.54) is 20.5 Å². The van der Waals surface area contributed by atoms with E-state index in [9.17, 15) is 30.0 Å². The lowest BCUT2D eigenvalue weighted by molar-refractivity contribution is -0.129. The van der Waals surface area contributed by atoms with E-state index >= 15 is 0 Å². The Kier molecular flexibility index (Phi) is 14.3. The molecule has 0 amide bonds. The Morgan fingerprint density at radius 2 is 1.78 bits per heavy atom. The number of phenolic OH excluding ortho intramolecular Hbond substituents is 2. The van der Waals surface area contributed by atoms with Gasteiger partial charge in [-0.1, -0.05) is 71.2 Å². The number of fused-ring (bicyclic) bond motifs is 9. The van der Waals surface area contributed by atoms with Gasteiger partial charge < -0.3 is 35.2 Å². The summed E-state index contributed by atoms with van der Waals surface area (Å²) >= 11 is 0. The molecule has 0 radical (unpaired) electrons. The number of methoxy groups -OCH3 is 1. The molecule has 5 unspecified atom stereocenters. The highest BCUT2D eigenvalue weighted by Gasteiger charge is 2.37. The van der Waals surface area contributed by atoms with Gasteiger partial charge in [-0.2, -0.15) is 0 Å². The third kappa shape index (κ3) is 9.97. The van der Waals surface area contributed by atoms with Crippen molar-refractivity contribution in [2.24, 2.45) is 5.92 Å². The van der Waals surface area contributed by atoms with Crippen LogP contribution in [0.25, 0.3) is 21.9 Å². The van der Waals surface area contributed by atoms with Crippen molar-refractivity contribution >= 4 is 49.6 Å². The molecule has 0 saturated heterocycles. The van der Waals surface area contributed by atoms with Crippen molar-refractivity contribution in [2.75, 3.05) is 19.0 Å². The predicted octanol–water partition coefficient (Wildman–Crippen LogP) is 8.74. The second-order valence-electron chi connectivity index (χ2n) is 16.1. The molecule has 10 nitrogen and oxygen atoms in total. The summed E-state index contributed by atoms with van der Waals surface area (Å²) in [6, 6.07) is 18.9. The zero-order valence-electron chi connectivity index (χ0n) is 33.4. The molecule has 8 rings (SSSR count). The minimum atomic E-state index is -0.600. The highest BCUT2D eigenvalue weighted by Crippen LogP contribution is 2.48. The maximum Gasteiger partial charge on any atom is 0.168 e. The van der Waals surface area contributed by atoms with Gasteiger partial charge in [0, 0.05) is 46.7 Å². The molecule has 2 fully saturated rings. The number of carbonyl (C=O) groups excluding carboxylic acids is 2. The van der Waals surface area contributed by atoms with Crippen LogP contribution in [0.4, 0.5) is 5.69 Å². The van der Waals surface area contributed by atoms with Crippen LogP contribution in [0.3, 0.4) is 0 Å². The fraction of sp³-hybridized carbons (Fsp3) is 0.478. The third-order valence-corrected chi connectivity index (χ3v) is 14.9. The van der Waals surface area contributed by atoms with Crippen molar-refractivity contribution in [2.45, 2.75) is 120 Å². The molecule has 6 N–H and O–H groups in total. The molecule has 2 bridgehead atoms. The van der Waals surface area contributed by atoms with Crippen molar-refractivity contribution in [3.63, 3.8) is 0 Å². The first-order chi connectivity index (χ1) is 28.1. The maximum atomic E-state index is 14.3. The summed E-state index contributed by atoms with van der Waals surface area (Å²) in [7, 11) is 4.89. The number of anilines is 1. The number of nitrogens with one attached hydrogen (secondary N) is 2. The van der Waals surface area contributed by atoms with Gasteiger partial charge >= 0.3 is 0 Å². The Morgan fingerprint density at radius 1 is 0.966 bits per heavy atom. The van der Waals surface area contributed by atoms with Crippen molar-refractivity contribution in [3.8, 4) is 28.4 Å². The molecule has 0 aromatic heterocycles. The van der Waals surface area contributed by atoms with E-state index in [4.69, 9.17) is 9.47 Å². The Labute approximate surface area is 348 Å². The van der Waals surface area contributed by atoms with E-state index in [2.05, 4.69) is 10.6 Å². The van der Waals surface area contributed by atoms with E-state index in [-0.39, 0.29) is 66.3 Å². The number of ketones is 2. The normalized spacial score (nSPS) is 22.6. The number of benzene rings is 4. The van der Waals surface area contributed by atoms with Crippen LogP contribution in [-0.2, 0) is 33.1 Å². The Bertz CT molecular complexity index is 2090. The number of aryl methyl sites for hydroxylation is 1. The number of ether oxygens (including phenoxy) is 2. The summed E-state index contributed by atoms with van der Waals surface area (Å²) in [4.78, 5) is 26.0. The second-order valence-corrected chi connectivity index (χ2v) is 18.7. The molecular formula is C46H56N2O8S2. The van der Waals surface area contributed by atoms with Crippen LogP contribution in [-0.4, -0.2) is 69.1 Å². The van der Waals surface area contributed by atoms with Crippen molar-refractivity contribution in [1.29, 1.82) is 0 Å². The number of Topliss-reactive ketones (excluding diaryl/α,β-unsaturated/α-hetero) is 2. The number of aromatic hydroxyl groups is 2. The van der Waals surface area contributed by atoms with Crippen LogP contribution >= 0.6 is 21.6 Å². The summed E-state index contributed by atoms with van der Waals surface area (Å²) in [5.41, 5.74) is 5.62. The van der Waals surface area contributed by atoms with E-state index in [0.29, 0.717) is 35.6 Å². The molecule has 2 saturated carbocycles. The number of hydrogen-bond acceptors (Lipinski definition) is 12. The topological polar surface area (TPSA) is 158 Å². The van der Waals surface area contributed by atoms with Crippen LogP contribution in [0, 0.1) is 5.92 Å². The van der Waals surface area contributed by atoms with Crippen LogP contribution in [0.5, 0.6) is 17.2 Å². The van der Waals surface area contributed by atoms with E-state index in [1.54, 1.807) is 39.8 Å². The number of rotatable bonds is 10. The largest absolute Gasteiger partial charge is 0.508 e. The zero-order chi connectivity index (χ0) is 40.8. The number of phenols is 2. The first-order valence-corrected chi connectivity index (χ1v) is 23.0. The number of aliphatic hydroxyl groups excluding tert-OH is 2. The van der Waals surface area contributed by atoms with Crippen molar-refractivity contribution < 1.29 is 39.5 Å². The number of carbonyl (C=O) groups is 2. The summed E-state index contributed by atoms with van der Waals surface area (Å²) in [6.45, 7) is 1.46. The van der Waals surface area contributed by atoms with E-state index in [0.717, 1.165) is 77.1 Å². The van der Waals surface area contributed by atoms with Gasteiger partial charge in [0.1, 0.15) is 23.5 Å². The van der Waals surface area contributed by atoms with Gasteiger partial charge in [0.15, 0.2) is 11.5 Å². The lowest BCUT2D eigenvalue weighted by atomic mass is 9.81. The monoisotopic (exact) mass is 828 g/mol. The van der Waals surface area contributed by atoms with Gasteiger partial charge in [-0.15, -0.1) is 0 Å². The molecule has 2 aliphatic carbocycles. The van der Waals surface area contributed by atoms with Gasteiger partial charge in [-0.25, -0.2) is 0 Å². The van der Waals surface area contributed by atoms with Crippen molar-refractivity contribution in [1.82, 2.24) is 5.32 Å². The van der Waals surface area contributed by atoms with Crippen molar-refractivity contribution in [3.05, 3.63) is 82.9 Å². The van der Waals surface area contributed by atoms with Crippen LogP contribution in [0.1, 0.15) is 99.6 Å². The lowest BCUT2D eigenvalue weighted by Crippen LogP contribution is -2.42. The molecule has 58 heavy (non-hydrogen) atoms. The second kappa shape index (κ2) is 19.5. The number of hydrogen-bond donors (Lipinski definition) is 6. The van der Waals surface area contributed by atoms with Gasteiger partial charge in [0.25, 0.3) is 0 Å². The quantitative estimate of drug-likeness (QED) is 0.0669. The fourth-order valence-electron chi connectivity index (χ4n) is 8.96. The molecule has 0 spiro atoms. The predicted molar refractivity (Wildman–Crippen MR) is 232 cm³/mol. The summed E-state index contributed by atoms with van der Waals surface area (Å²) in [6.07, 6.45) is 6.74. The average molecular weight is 829 g/mol. The molecule has 4 aromatic rings. The molecule has 12 heteroatoms. The Balaban J connectivity index is 1.24. The van der Waals surface area contributed by atoms with Gasteiger partial charge in [0.05, 0.1) is 32.5 Å². The minimum Gasteiger partial charge on any atom is -0.508 e. The highest BCUT2D eigenvalue weighted by atomic mass is 33.1. The van der Waals surface area contributed by atoms with Gasteiger partial charge in [-0.3, -0.25) is 14.9 Å². The SMILES string of the molecule is COc1c(O)ccc2c1-c1ccc3ccc(O)cc3c1CSSC1CCC(CC1O)C(OC(NC1CCCCC1)c1ccc(NCC(C)=O)c(CO)c1)CC(=O)CC2. The number of aliphatic hydroxyl groups is 2. The molecular weight excluding hydrogens is 773 g/mol. The molecule has 4 aliphatic rings. The van der Waals surface area contributed by atoms with E-state index in [1.807, 2.05) is 42.5 Å². The first-order valence-electron chi connectivity index (χ1n) is 20.6. The molecule has 310 valence electrons. The smallest absolute Gasteiger partial charge is 0.168 e. The summed E-state index contributed by atoms with van der Waals surface area (Å²) in [5.74, 6) is 1.04. The molecule has 4 aromatic carbocycles. The zero-order valence-corrected chi connectivity index (χ0v) is 35.0. The van der Waals surface area contributed by atoms with Crippen LogP contribution in [0.15, 0.2) is 60.7 Å². The Hall–Kier alpha value is -3.78. The minimum absolute atomic E-state index is 0.00314. The molecule has 2 aliphatic heterocycles. The van der Waals surface area contributed by atoms with Gasteiger partial charge in [-0.05, 0) is 115 Å². The first kappa shape index (κ1) is 42.3. The highest BCUT2D eigenvalue weighted by molar-refractivity contribution is 8.76. The Morgan fingerprint density at radius 3 is 2.53 bits per heavy atom. The average Bonchev–Trinajstić information content (AvgIpc) is 3.22. The molecule has 2 heterocycles. The van der Waals surface area contributed by atoms with Crippen LogP contribution < -0.4 is 15.4 Å². The maximum absolute atomic E-state index is 14.3. The summed E-state index contributed by atoms with van der Waals surface area (Å²) in [5, 5.41) is 52.5.